The SMILES string of the molecule is C[CH](C)[AlH][CH](C)C. The molecule has 0 aromatic rings. The van der Waals surface area contributed by atoms with E-state index in [-0.39, 0.29) is 15.2 Å². The Bertz CT molecular complexity index is 33.4. The van der Waals surface area contributed by atoms with E-state index >= 15 is 0 Å². The Morgan fingerprint density at radius 1 is 0.857 bits per heavy atom. The van der Waals surface area contributed by atoms with Crippen LogP contribution < -0.4 is 0 Å². The highest BCUT2D eigenvalue weighted by Crippen LogP contribution is 2.07. The van der Waals surface area contributed by atoms with Crippen molar-refractivity contribution in [2.75, 3.05) is 0 Å². The van der Waals surface area contributed by atoms with Crippen molar-refractivity contribution in [3.05, 3.63) is 0 Å². The Morgan fingerprint density at radius 3 is 1.14 bits per heavy atom. The fraction of sp³-hybridized carbons (Fsp3) is 1.00. The highest BCUT2D eigenvalue weighted by atomic mass is 27.1. The van der Waals surface area contributed by atoms with Gasteiger partial charge in [0.15, 0.2) is 0 Å². The smallest absolute Gasteiger partial charge is 0.0912 e. The average Bonchev–Trinajstić information content (AvgIpc) is 1.27. The van der Waals surface area contributed by atoms with Gasteiger partial charge in [0, 0.05) is 0 Å². The summed E-state index contributed by atoms with van der Waals surface area (Å²) in [6, 6.07) is 0. The van der Waals surface area contributed by atoms with Crippen LogP contribution in [0.15, 0.2) is 0 Å². The van der Waals surface area contributed by atoms with Gasteiger partial charge in [0.2, 0.25) is 15.2 Å². The van der Waals surface area contributed by atoms with Crippen molar-refractivity contribution in [2.45, 2.75) is 37.3 Å². The van der Waals surface area contributed by atoms with Crippen LogP contribution in [0.3, 0.4) is 0 Å². The first-order valence-electron chi connectivity index (χ1n) is 3.13. The Kier molecular flexibility index (Phi) is 3.79. The second kappa shape index (κ2) is 3.52. The van der Waals surface area contributed by atoms with Gasteiger partial charge >= 0.3 is 0 Å². The molecule has 0 radical (unpaired) electrons. The molecule has 0 rings (SSSR count). The summed E-state index contributed by atoms with van der Waals surface area (Å²) >= 11 is 0.281. The van der Waals surface area contributed by atoms with Gasteiger partial charge in [-0.1, -0.05) is 37.3 Å². The molecule has 0 aliphatic rings. The molecule has 0 fully saturated rings. The van der Waals surface area contributed by atoms with Crippen molar-refractivity contribution in [2.24, 2.45) is 0 Å². The van der Waals surface area contributed by atoms with Crippen LogP contribution in [0.1, 0.15) is 27.7 Å². The summed E-state index contributed by atoms with van der Waals surface area (Å²) in [4.78, 5) is 0. The average molecular weight is 114 g/mol. The Hall–Kier alpha value is 0.532. The van der Waals surface area contributed by atoms with Crippen LogP contribution in [0, 0.1) is 0 Å². The molecular weight excluding hydrogens is 99.0 g/mol. The first kappa shape index (κ1) is 7.53. The molecule has 0 amide bonds. The molecule has 0 aliphatic heterocycles. The third-order valence-corrected chi connectivity index (χ3v) is 2.83. The zero-order valence-electron chi connectivity index (χ0n) is 5.86. The summed E-state index contributed by atoms with van der Waals surface area (Å²) in [6.07, 6.45) is 0. The molecule has 0 nitrogen and oxygen atoms in total. The van der Waals surface area contributed by atoms with Gasteiger partial charge in [-0.3, -0.25) is 0 Å². The molecule has 0 heterocycles. The molecule has 0 N–H and O–H groups in total. The van der Waals surface area contributed by atoms with E-state index in [1.165, 1.54) is 0 Å². The van der Waals surface area contributed by atoms with Crippen molar-refractivity contribution in [3.63, 3.8) is 0 Å². The van der Waals surface area contributed by atoms with Gasteiger partial charge in [0.1, 0.15) is 0 Å². The molecule has 0 unspecified atom stereocenters. The lowest BCUT2D eigenvalue weighted by Gasteiger charge is -2.01. The topological polar surface area (TPSA) is 0 Å². The molecule has 0 spiro atoms. The molecule has 0 saturated heterocycles. The Morgan fingerprint density at radius 2 is 1.14 bits per heavy atom. The molecule has 7 heavy (non-hydrogen) atoms. The predicted molar refractivity (Wildman–Crippen MR) is 37.3 cm³/mol. The van der Waals surface area contributed by atoms with E-state index in [9.17, 15) is 0 Å². The zero-order valence-corrected chi connectivity index (χ0v) is 7.28. The summed E-state index contributed by atoms with van der Waals surface area (Å²) in [5.41, 5.74) is 0. The van der Waals surface area contributed by atoms with Crippen LogP contribution in [0.2, 0.25) is 9.56 Å². The lowest BCUT2D eigenvalue weighted by Crippen LogP contribution is -1.98. The summed E-state index contributed by atoms with van der Waals surface area (Å²) in [6.45, 7) is 9.30. The number of hydrogen-bond acceptors (Lipinski definition) is 0. The van der Waals surface area contributed by atoms with Gasteiger partial charge in [-0.25, -0.2) is 0 Å². The van der Waals surface area contributed by atoms with E-state index in [0.717, 1.165) is 9.56 Å². The van der Waals surface area contributed by atoms with Gasteiger partial charge in [0.25, 0.3) is 0 Å². The molecule has 0 aromatic heterocycles. The molecule has 42 valence electrons. The summed E-state index contributed by atoms with van der Waals surface area (Å²) in [5.74, 6) is 0. The van der Waals surface area contributed by atoms with E-state index in [4.69, 9.17) is 0 Å². The first-order valence-corrected chi connectivity index (χ1v) is 4.76. The number of hydrogen-bond donors (Lipinski definition) is 0. The van der Waals surface area contributed by atoms with E-state index in [2.05, 4.69) is 27.7 Å². The highest BCUT2D eigenvalue weighted by molar-refractivity contribution is 6.38. The Balaban J connectivity index is 2.95. The van der Waals surface area contributed by atoms with E-state index in [0.29, 0.717) is 0 Å². The third kappa shape index (κ3) is 6.53. The largest absolute Gasteiger partial charge is 0.243 e. The molecule has 0 aliphatic carbocycles. The molecule has 0 bridgehead atoms. The van der Waals surface area contributed by atoms with Crippen LogP contribution >= 0.6 is 0 Å². The second-order valence-electron chi connectivity index (χ2n) is 3.02. The molecule has 1 heteroatoms. The monoisotopic (exact) mass is 114 g/mol. The summed E-state index contributed by atoms with van der Waals surface area (Å²) < 4.78 is 2.03. The van der Waals surface area contributed by atoms with Crippen molar-refractivity contribution < 1.29 is 0 Å². The zero-order chi connectivity index (χ0) is 5.86. The molecule has 0 aromatic carbocycles. The first-order chi connectivity index (χ1) is 3.13. The minimum atomic E-state index is 0.281. The fourth-order valence-electron chi connectivity index (χ4n) is 0.943. The summed E-state index contributed by atoms with van der Waals surface area (Å²) in [5, 5.41) is 0. The van der Waals surface area contributed by atoms with E-state index < -0.39 is 0 Å². The lowest BCUT2D eigenvalue weighted by atomic mass is 10.5. The fourth-order valence-corrected chi connectivity index (χ4v) is 2.83. The standard InChI is InChI=1S/2C3H7.Al.H/c2*1-3-2;;/h2*3H,1-2H3;;. The van der Waals surface area contributed by atoms with Crippen molar-refractivity contribution in [1.82, 2.24) is 0 Å². The van der Waals surface area contributed by atoms with E-state index in [1.54, 1.807) is 0 Å². The Labute approximate surface area is 53.0 Å². The number of rotatable bonds is 2. The minimum absolute atomic E-state index is 0.281. The van der Waals surface area contributed by atoms with Gasteiger partial charge < -0.3 is 0 Å². The van der Waals surface area contributed by atoms with Crippen LogP contribution in [0.5, 0.6) is 0 Å². The van der Waals surface area contributed by atoms with E-state index in [1.807, 2.05) is 0 Å². The quantitative estimate of drug-likeness (QED) is 0.482. The van der Waals surface area contributed by atoms with Crippen molar-refractivity contribution >= 4 is 15.2 Å². The minimum Gasteiger partial charge on any atom is -0.0912 e. The van der Waals surface area contributed by atoms with Gasteiger partial charge in [-0.15, -0.1) is 0 Å². The van der Waals surface area contributed by atoms with Crippen LogP contribution in [-0.2, 0) is 0 Å². The van der Waals surface area contributed by atoms with Gasteiger partial charge in [0.05, 0.1) is 0 Å². The molecular formula is C6H15Al. The third-order valence-electron chi connectivity index (χ3n) is 0.943. The van der Waals surface area contributed by atoms with Gasteiger partial charge in [-0.05, 0) is 0 Å². The normalized spacial score (nSPS) is 10.6. The maximum Gasteiger partial charge on any atom is 0.243 e. The van der Waals surface area contributed by atoms with Crippen LogP contribution in [0.4, 0.5) is 0 Å². The van der Waals surface area contributed by atoms with Crippen LogP contribution in [0.25, 0.3) is 0 Å². The highest BCUT2D eigenvalue weighted by Gasteiger charge is 2.01. The van der Waals surface area contributed by atoms with Crippen molar-refractivity contribution in [3.8, 4) is 0 Å². The van der Waals surface area contributed by atoms with Crippen LogP contribution in [-0.4, -0.2) is 15.2 Å². The maximum absolute atomic E-state index is 2.33. The molecule has 0 atom stereocenters. The summed E-state index contributed by atoms with van der Waals surface area (Å²) in [7, 11) is 0. The second-order valence-corrected chi connectivity index (χ2v) is 6.76. The molecule has 0 saturated carbocycles. The van der Waals surface area contributed by atoms with Crippen molar-refractivity contribution in [1.29, 1.82) is 0 Å². The maximum atomic E-state index is 2.33. The predicted octanol–water partition coefficient (Wildman–Crippen LogP) is 2.08. The lowest BCUT2D eigenvalue weighted by molar-refractivity contribution is 0.971. The van der Waals surface area contributed by atoms with Gasteiger partial charge in [-0.2, -0.15) is 0 Å².